The number of hydrogen-bond acceptors (Lipinski definition) is 2. The number of benzene rings is 1. The summed E-state index contributed by atoms with van der Waals surface area (Å²) in [6.07, 6.45) is 0. The summed E-state index contributed by atoms with van der Waals surface area (Å²) in [5.41, 5.74) is 7.37. The van der Waals surface area contributed by atoms with Crippen LogP contribution >= 0.6 is 11.6 Å². The van der Waals surface area contributed by atoms with Crippen LogP contribution in [0.1, 0.15) is 0 Å². The van der Waals surface area contributed by atoms with Crippen molar-refractivity contribution in [3.63, 3.8) is 0 Å². The third kappa shape index (κ3) is 1.10. The third-order valence-corrected chi connectivity index (χ3v) is 2.20. The van der Waals surface area contributed by atoms with Crippen molar-refractivity contribution in [1.29, 1.82) is 0 Å². The molecule has 0 aliphatic rings. The summed E-state index contributed by atoms with van der Waals surface area (Å²) in [5.74, 6) is 0. The SMILES string of the molecule is Cn1c(=O)[nH]c2cc(Cl)cc(N)c21. The van der Waals surface area contributed by atoms with E-state index < -0.39 is 0 Å². The van der Waals surface area contributed by atoms with Crippen molar-refractivity contribution in [3.8, 4) is 0 Å². The van der Waals surface area contributed by atoms with E-state index in [4.69, 9.17) is 17.3 Å². The second-order valence-electron chi connectivity index (χ2n) is 2.88. The molecule has 0 aliphatic carbocycles. The number of fused-ring (bicyclic) bond motifs is 1. The van der Waals surface area contributed by atoms with Gasteiger partial charge in [0.15, 0.2) is 0 Å². The number of H-pyrrole nitrogens is 1. The molecule has 4 nitrogen and oxygen atoms in total. The number of imidazole rings is 1. The highest BCUT2D eigenvalue weighted by atomic mass is 35.5. The van der Waals surface area contributed by atoms with Crippen molar-refractivity contribution in [1.82, 2.24) is 9.55 Å². The van der Waals surface area contributed by atoms with Crippen LogP contribution in [0.2, 0.25) is 5.02 Å². The number of hydrogen-bond donors (Lipinski definition) is 2. The van der Waals surface area contributed by atoms with E-state index in [0.717, 1.165) is 0 Å². The van der Waals surface area contributed by atoms with E-state index in [1.165, 1.54) is 4.57 Å². The molecule has 68 valence electrons. The Kier molecular flexibility index (Phi) is 1.60. The lowest BCUT2D eigenvalue weighted by Crippen LogP contribution is -2.12. The van der Waals surface area contributed by atoms with Gasteiger partial charge < -0.3 is 10.7 Å². The Bertz CT molecular complexity index is 526. The molecule has 0 atom stereocenters. The number of aryl methyl sites for hydroxylation is 1. The maximum atomic E-state index is 11.2. The first-order chi connectivity index (χ1) is 6.09. The first-order valence-electron chi connectivity index (χ1n) is 3.73. The number of anilines is 1. The van der Waals surface area contributed by atoms with Gasteiger partial charge in [0.1, 0.15) is 0 Å². The van der Waals surface area contributed by atoms with Gasteiger partial charge >= 0.3 is 5.69 Å². The van der Waals surface area contributed by atoms with Gasteiger partial charge in [-0.15, -0.1) is 0 Å². The summed E-state index contributed by atoms with van der Waals surface area (Å²) in [7, 11) is 1.66. The summed E-state index contributed by atoms with van der Waals surface area (Å²) in [6, 6.07) is 3.30. The molecule has 0 aliphatic heterocycles. The molecule has 2 rings (SSSR count). The minimum atomic E-state index is -0.191. The standard InChI is InChI=1S/C8H8ClN3O/c1-12-7-5(10)2-4(9)3-6(7)11-8(12)13/h2-3H,10H2,1H3,(H,11,13). The van der Waals surface area contributed by atoms with E-state index in [1.807, 2.05) is 0 Å². The number of nitrogens with two attached hydrogens (primary N) is 1. The molecule has 1 heterocycles. The van der Waals surface area contributed by atoms with Crippen LogP contribution in [0.4, 0.5) is 5.69 Å². The zero-order valence-corrected chi connectivity index (χ0v) is 7.72. The van der Waals surface area contributed by atoms with Gasteiger partial charge in [-0.05, 0) is 12.1 Å². The van der Waals surface area contributed by atoms with Gasteiger partial charge in [0.05, 0.1) is 16.7 Å². The normalized spacial score (nSPS) is 10.9. The summed E-state index contributed by atoms with van der Waals surface area (Å²) < 4.78 is 1.46. The molecular weight excluding hydrogens is 190 g/mol. The average Bonchev–Trinajstić information content (AvgIpc) is 2.27. The maximum Gasteiger partial charge on any atom is 0.326 e. The van der Waals surface area contributed by atoms with Gasteiger partial charge in [-0.1, -0.05) is 11.6 Å². The first kappa shape index (κ1) is 8.19. The summed E-state index contributed by atoms with van der Waals surface area (Å²) >= 11 is 5.77. The highest BCUT2D eigenvalue weighted by molar-refractivity contribution is 6.31. The summed E-state index contributed by atoms with van der Waals surface area (Å²) in [4.78, 5) is 13.9. The van der Waals surface area contributed by atoms with Crippen LogP contribution in [-0.2, 0) is 7.05 Å². The van der Waals surface area contributed by atoms with Gasteiger partial charge in [-0.25, -0.2) is 4.79 Å². The molecule has 1 aromatic heterocycles. The molecule has 13 heavy (non-hydrogen) atoms. The fourth-order valence-electron chi connectivity index (χ4n) is 1.39. The van der Waals surface area contributed by atoms with Crippen molar-refractivity contribution in [2.75, 3.05) is 5.73 Å². The molecular formula is C8H8ClN3O. The predicted octanol–water partition coefficient (Wildman–Crippen LogP) is 1.10. The molecule has 0 radical (unpaired) electrons. The molecule has 0 bridgehead atoms. The van der Waals surface area contributed by atoms with Crippen LogP contribution in [0.5, 0.6) is 0 Å². The molecule has 0 fully saturated rings. The number of aromatic nitrogens is 2. The van der Waals surface area contributed by atoms with Gasteiger partial charge in [0.25, 0.3) is 0 Å². The number of rotatable bonds is 0. The van der Waals surface area contributed by atoms with Crippen molar-refractivity contribution in [3.05, 3.63) is 27.6 Å². The predicted molar refractivity (Wildman–Crippen MR) is 53.0 cm³/mol. The number of halogens is 1. The molecule has 1 aromatic carbocycles. The largest absolute Gasteiger partial charge is 0.397 e. The van der Waals surface area contributed by atoms with Crippen molar-refractivity contribution >= 4 is 28.3 Å². The quantitative estimate of drug-likeness (QED) is 0.622. The van der Waals surface area contributed by atoms with Crippen molar-refractivity contribution in [2.45, 2.75) is 0 Å². The van der Waals surface area contributed by atoms with Gasteiger partial charge in [-0.3, -0.25) is 4.57 Å². The second kappa shape index (κ2) is 2.53. The van der Waals surface area contributed by atoms with Crippen LogP contribution < -0.4 is 11.4 Å². The van der Waals surface area contributed by atoms with Crippen molar-refractivity contribution < 1.29 is 0 Å². The minimum absolute atomic E-state index is 0.191. The lowest BCUT2D eigenvalue weighted by molar-refractivity contribution is 0.892. The number of nitrogens with zero attached hydrogens (tertiary/aromatic N) is 1. The van der Waals surface area contributed by atoms with Gasteiger partial charge in [0, 0.05) is 12.1 Å². The molecule has 5 heteroatoms. The topological polar surface area (TPSA) is 63.8 Å². The van der Waals surface area contributed by atoms with Gasteiger partial charge in [0.2, 0.25) is 0 Å². The van der Waals surface area contributed by atoms with E-state index in [1.54, 1.807) is 19.2 Å². The summed E-state index contributed by atoms with van der Waals surface area (Å²) in [6.45, 7) is 0. The molecule has 0 saturated carbocycles. The molecule has 0 saturated heterocycles. The average molecular weight is 198 g/mol. The Morgan fingerprint density at radius 2 is 2.23 bits per heavy atom. The van der Waals surface area contributed by atoms with E-state index >= 15 is 0 Å². The summed E-state index contributed by atoms with van der Waals surface area (Å²) in [5, 5.41) is 0.520. The highest BCUT2D eigenvalue weighted by Gasteiger charge is 2.06. The molecule has 0 spiro atoms. The van der Waals surface area contributed by atoms with Crippen LogP contribution in [0.3, 0.4) is 0 Å². The molecule has 2 aromatic rings. The van der Waals surface area contributed by atoms with E-state index in [0.29, 0.717) is 21.7 Å². The Balaban J connectivity index is 3.03. The maximum absolute atomic E-state index is 11.2. The number of nitrogen functional groups attached to an aromatic ring is 1. The van der Waals surface area contributed by atoms with Crippen LogP contribution in [0.15, 0.2) is 16.9 Å². The van der Waals surface area contributed by atoms with E-state index in [-0.39, 0.29) is 5.69 Å². The van der Waals surface area contributed by atoms with Crippen LogP contribution in [0, 0.1) is 0 Å². The number of nitrogens with one attached hydrogen (secondary N) is 1. The fraction of sp³-hybridized carbons (Fsp3) is 0.125. The zero-order valence-electron chi connectivity index (χ0n) is 6.97. The molecule has 0 amide bonds. The fourth-order valence-corrected chi connectivity index (χ4v) is 1.62. The molecule has 3 N–H and O–H groups in total. The zero-order chi connectivity index (χ0) is 9.59. The van der Waals surface area contributed by atoms with Crippen molar-refractivity contribution in [2.24, 2.45) is 7.05 Å². The smallest absolute Gasteiger partial charge is 0.326 e. The van der Waals surface area contributed by atoms with E-state index in [2.05, 4.69) is 4.98 Å². The van der Waals surface area contributed by atoms with Crippen LogP contribution in [0.25, 0.3) is 11.0 Å². The third-order valence-electron chi connectivity index (χ3n) is 1.99. The Labute approximate surface area is 78.9 Å². The highest BCUT2D eigenvalue weighted by Crippen LogP contribution is 2.22. The minimum Gasteiger partial charge on any atom is -0.397 e. The second-order valence-corrected chi connectivity index (χ2v) is 3.32. The molecule has 0 unspecified atom stereocenters. The lowest BCUT2D eigenvalue weighted by Gasteiger charge is -1.99. The Hall–Kier alpha value is -1.42. The number of aromatic amines is 1. The Morgan fingerprint density at radius 3 is 2.92 bits per heavy atom. The van der Waals surface area contributed by atoms with Crippen LogP contribution in [-0.4, -0.2) is 9.55 Å². The monoisotopic (exact) mass is 197 g/mol. The lowest BCUT2D eigenvalue weighted by atomic mass is 10.3. The Morgan fingerprint density at radius 1 is 1.54 bits per heavy atom. The van der Waals surface area contributed by atoms with Gasteiger partial charge in [-0.2, -0.15) is 0 Å². The van der Waals surface area contributed by atoms with E-state index in [9.17, 15) is 4.79 Å². The first-order valence-corrected chi connectivity index (χ1v) is 4.11.